The van der Waals surface area contributed by atoms with Gasteiger partial charge in [0.25, 0.3) is 11.8 Å². The van der Waals surface area contributed by atoms with Gasteiger partial charge in [0, 0.05) is 35.5 Å². The average Bonchev–Trinajstić information content (AvgIpc) is 2.78. The van der Waals surface area contributed by atoms with Gasteiger partial charge in [0.1, 0.15) is 6.54 Å². The maximum atomic E-state index is 13.0. The van der Waals surface area contributed by atoms with Gasteiger partial charge in [-0.15, -0.1) is 0 Å². The van der Waals surface area contributed by atoms with E-state index in [1.165, 1.54) is 4.90 Å². The summed E-state index contributed by atoms with van der Waals surface area (Å²) in [6, 6.07) is 23.9. The predicted octanol–water partition coefficient (Wildman–Crippen LogP) is 4.31. The fraction of sp³-hybridized carbons (Fsp3) is 0.125. The van der Waals surface area contributed by atoms with Crippen LogP contribution in [0.5, 0.6) is 0 Å². The van der Waals surface area contributed by atoms with Crippen LogP contribution in [-0.2, 0) is 4.79 Å². The third-order valence-corrected chi connectivity index (χ3v) is 5.05. The minimum atomic E-state index is -0.395. The van der Waals surface area contributed by atoms with Crippen LogP contribution in [0, 0.1) is 0 Å². The van der Waals surface area contributed by atoms with Crippen LogP contribution >= 0.6 is 15.9 Å². The molecule has 6 nitrogen and oxygen atoms in total. The van der Waals surface area contributed by atoms with Crippen LogP contribution in [-0.4, -0.2) is 38.7 Å². The van der Waals surface area contributed by atoms with Crippen LogP contribution in [0.4, 0.5) is 11.4 Å². The van der Waals surface area contributed by atoms with Crippen molar-refractivity contribution in [2.24, 2.45) is 5.10 Å². The molecule has 0 spiro atoms. The van der Waals surface area contributed by atoms with E-state index in [-0.39, 0.29) is 12.5 Å². The van der Waals surface area contributed by atoms with E-state index in [9.17, 15) is 9.59 Å². The van der Waals surface area contributed by atoms with Gasteiger partial charge in [0.15, 0.2) is 0 Å². The Bertz CT molecular complexity index is 1050. The molecule has 3 aromatic carbocycles. The Balaban J connectivity index is 1.70. The Hall–Kier alpha value is -3.45. The summed E-state index contributed by atoms with van der Waals surface area (Å²) in [4.78, 5) is 29.0. The van der Waals surface area contributed by atoms with Crippen molar-refractivity contribution in [3.63, 3.8) is 0 Å². The molecule has 0 radical (unpaired) electrons. The molecule has 158 valence electrons. The molecule has 0 unspecified atom stereocenters. The fourth-order valence-electron chi connectivity index (χ4n) is 2.85. The number of rotatable bonds is 7. The molecule has 7 heteroatoms. The maximum absolute atomic E-state index is 13.0. The zero-order valence-electron chi connectivity index (χ0n) is 17.3. The van der Waals surface area contributed by atoms with Crippen LogP contribution < -0.4 is 15.2 Å². The highest BCUT2D eigenvalue weighted by atomic mass is 79.9. The highest BCUT2D eigenvalue weighted by Gasteiger charge is 2.20. The molecule has 2 amide bonds. The van der Waals surface area contributed by atoms with E-state index >= 15 is 0 Å². The number of anilines is 2. The zero-order valence-corrected chi connectivity index (χ0v) is 18.9. The van der Waals surface area contributed by atoms with Crippen molar-refractivity contribution in [1.82, 2.24) is 5.43 Å². The average molecular weight is 479 g/mol. The van der Waals surface area contributed by atoms with Gasteiger partial charge < -0.3 is 4.90 Å². The van der Waals surface area contributed by atoms with E-state index in [0.29, 0.717) is 11.3 Å². The summed E-state index contributed by atoms with van der Waals surface area (Å²) in [5.41, 5.74) is 5.56. The Labute approximate surface area is 190 Å². The SMILES string of the molecule is CN(C)c1ccc(/C=N\NC(=O)CN(C(=O)c2ccccc2)c2ccc(Br)cc2)cc1. The molecule has 0 aliphatic rings. The number of halogens is 1. The molecule has 1 N–H and O–H groups in total. The molecule has 3 aromatic rings. The molecule has 3 rings (SSSR count). The molecule has 0 saturated carbocycles. The van der Waals surface area contributed by atoms with Gasteiger partial charge in [-0.3, -0.25) is 14.5 Å². The lowest BCUT2D eigenvalue weighted by Crippen LogP contribution is -2.39. The van der Waals surface area contributed by atoms with E-state index in [1.54, 1.807) is 42.6 Å². The molecule has 0 aliphatic carbocycles. The number of amides is 2. The summed E-state index contributed by atoms with van der Waals surface area (Å²) < 4.78 is 0.887. The number of nitrogens with zero attached hydrogens (tertiary/aromatic N) is 3. The first-order valence-corrected chi connectivity index (χ1v) is 10.4. The first kappa shape index (κ1) is 22.2. The molecule has 0 aromatic heterocycles. The molecule has 0 bridgehead atoms. The topological polar surface area (TPSA) is 65.0 Å². The number of carbonyl (C=O) groups excluding carboxylic acids is 2. The molecule has 0 fully saturated rings. The minimum absolute atomic E-state index is 0.160. The first-order valence-electron chi connectivity index (χ1n) is 9.66. The van der Waals surface area contributed by atoms with Crippen molar-refractivity contribution in [2.45, 2.75) is 0 Å². The van der Waals surface area contributed by atoms with E-state index in [0.717, 1.165) is 15.7 Å². The van der Waals surface area contributed by atoms with Crippen LogP contribution in [0.15, 0.2) is 88.4 Å². The fourth-order valence-corrected chi connectivity index (χ4v) is 3.12. The lowest BCUT2D eigenvalue weighted by molar-refractivity contribution is -0.119. The van der Waals surface area contributed by atoms with Crippen molar-refractivity contribution in [2.75, 3.05) is 30.4 Å². The van der Waals surface area contributed by atoms with Gasteiger partial charge in [0.2, 0.25) is 0 Å². The summed E-state index contributed by atoms with van der Waals surface area (Å²) in [5.74, 6) is -0.658. The second-order valence-electron chi connectivity index (χ2n) is 7.01. The van der Waals surface area contributed by atoms with Crippen molar-refractivity contribution in [3.05, 3.63) is 94.5 Å². The van der Waals surface area contributed by atoms with E-state index in [4.69, 9.17) is 0 Å². The van der Waals surface area contributed by atoms with Crippen molar-refractivity contribution >= 4 is 45.3 Å². The van der Waals surface area contributed by atoms with E-state index in [1.807, 2.05) is 61.5 Å². The van der Waals surface area contributed by atoms with Gasteiger partial charge in [-0.2, -0.15) is 5.10 Å². The second-order valence-corrected chi connectivity index (χ2v) is 7.93. The van der Waals surface area contributed by atoms with Crippen LogP contribution in [0.3, 0.4) is 0 Å². The lowest BCUT2D eigenvalue weighted by Gasteiger charge is -2.22. The normalized spacial score (nSPS) is 10.7. The summed E-state index contributed by atoms with van der Waals surface area (Å²) in [6.45, 7) is -0.160. The number of hydrogen-bond acceptors (Lipinski definition) is 4. The van der Waals surface area contributed by atoms with Gasteiger partial charge >= 0.3 is 0 Å². The number of hydrogen-bond donors (Lipinski definition) is 1. The predicted molar refractivity (Wildman–Crippen MR) is 129 cm³/mol. The zero-order chi connectivity index (χ0) is 22.2. The molecule has 0 saturated heterocycles. The van der Waals surface area contributed by atoms with Crippen LogP contribution in [0.1, 0.15) is 15.9 Å². The van der Waals surface area contributed by atoms with E-state index in [2.05, 4.69) is 26.5 Å². The summed E-state index contributed by atoms with van der Waals surface area (Å²) in [5, 5.41) is 4.03. The van der Waals surface area contributed by atoms with Gasteiger partial charge in [-0.25, -0.2) is 5.43 Å². The number of carbonyl (C=O) groups is 2. The Kier molecular flexibility index (Phi) is 7.56. The largest absolute Gasteiger partial charge is 0.378 e. The van der Waals surface area contributed by atoms with E-state index < -0.39 is 5.91 Å². The summed E-state index contributed by atoms with van der Waals surface area (Å²) in [6.07, 6.45) is 1.57. The molecular weight excluding hydrogens is 456 g/mol. The van der Waals surface area contributed by atoms with Crippen LogP contribution in [0.25, 0.3) is 0 Å². The maximum Gasteiger partial charge on any atom is 0.260 e. The molecule has 0 atom stereocenters. The third-order valence-electron chi connectivity index (χ3n) is 4.52. The highest BCUT2D eigenvalue weighted by molar-refractivity contribution is 9.10. The summed E-state index contributed by atoms with van der Waals surface area (Å²) in [7, 11) is 3.94. The standard InChI is InChI=1S/C24H23BrN4O2/c1-28(2)21-12-8-18(9-13-21)16-26-27-23(30)17-29(22-14-10-20(25)11-15-22)24(31)19-6-4-3-5-7-19/h3-16H,17H2,1-2H3,(H,27,30)/b26-16-. The van der Waals surface area contributed by atoms with Gasteiger partial charge in [-0.1, -0.05) is 46.3 Å². The van der Waals surface area contributed by atoms with Crippen LogP contribution in [0.2, 0.25) is 0 Å². The monoisotopic (exact) mass is 478 g/mol. The third kappa shape index (κ3) is 6.26. The van der Waals surface area contributed by atoms with Crippen molar-refractivity contribution in [1.29, 1.82) is 0 Å². The molecule has 0 aliphatic heterocycles. The first-order chi connectivity index (χ1) is 14.9. The number of nitrogens with one attached hydrogen (secondary N) is 1. The highest BCUT2D eigenvalue weighted by Crippen LogP contribution is 2.20. The summed E-state index contributed by atoms with van der Waals surface area (Å²) >= 11 is 3.39. The second kappa shape index (κ2) is 10.5. The quantitative estimate of drug-likeness (QED) is 0.406. The Morgan fingerprint density at radius 2 is 1.52 bits per heavy atom. The molecular formula is C24H23BrN4O2. The Morgan fingerprint density at radius 3 is 2.13 bits per heavy atom. The minimum Gasteiger partial charge on any atom is -0.378 e. The smallest absolute Gasteiger partial charge is 0.260 e. The molecule has 31 heavy (non-hydrogen) atoms. The van der Waals surface area contributed by atoms with Crippen molar-refractivity contribution < 1.29 is 9.59 Å². The number of hydrazone groups is 1. The molecule has 0 heterocycles. The van der Waals surface area contributed by atoms with Gasteiger partial charge in [0.05, 0.1) is 6.21 Å². The number of benzene rings is 3. The Morgan fingerprint density at radius 1 is 0.903 bits per heavy atom. The van der Waals surface area contributed by atoms with Crippen molar-refractivity contribution in [3.8, 4) is 0 Å². The van der Waals surface area contributed by atoms with Gasteiger partial charge in [-0.05, 0) is 54.1 Å². The lowest BCUT2D eigenvalue weighted by atomic mass is 10.2.